The maximum absolute atomic E-state index is 12.1. The summed E-state index contributed by atoms with van der Waals surface area (Å²) in [5.41, 5.74) is 1.85. The van der Waals surface area contributed by atoms with Gasteiger partial charge in [-0.2, -0.15) is 5.10 Å². The molecule has 19 heavy (non-hydrogen) atoms. The van der Waals surface area contributed by atoms with Gasteiger partial charge in [0.25, 0.3) is 5.91 Å². The van der Waals surface area contributed by atoms with Crippen molar-refractivity contribution in [2.45, 2.75) is 0 Å². The fourth-order valence-electron chi connectivity index (χ4n) is 1.87. The van der Waals surface area contributed by atoms with Gasteiger partial charge in [-0.1, -0.05) is 24.3 Å². The largest absolute Gasteiger partial charge is 0.318 e. The Morgan fingerprint density at radius 3 is 2.84 bits per heavy atom. The Morgan fingerprint density at radius 2 is 2.05 bits per heavy atom. The molecule has 1 amide bonds. The van der Waals surface area contributed by atoms with Crippen LogP contribution in [0.5, 0.6) is 0 Å². The van der Waals surface area contributed by atoms with Crippen LogP contribution >= 0.6 is 0 Å². The highest BCUT2D eigenvalue weighted by molar-refractivity contribution is 6.03. The van der Waals surface area contributed by atoms with Crippen LogP contribution in [0.2, 0.25) is 0 Å². The maximum atomic E-state index is 12.1. The summed E-state index contributed by atoms with van der Waals surface area (Å²) in [5.74, 6) is -0.237. The van der Waals surface area contributed by atoms with Gasteiger partial charge in [-0.15, -0.1) is 0 Å². The van der Waals surface area contributed by atoms with Crippen LogP contribution in [0.4, 0.5) is 5.69 Å². The Kier molecular flexibility index (Phi) is 2.72. The zero-order valence-corrected chi connectivity index (χ0v) is 10.4. The van der Waals surface area contributed by atoms with E-state index in [9.17, 15) is 4.79 Å². The molecule has 0 saturated carbocycles. The van der Waals surface area contributed by atoms with Crippen LogP contribution in [-0.4, -0.2) is 20.7 Å². The van der Waals surface area contributed by atoms with E-state index in [2.05, 4.69) is 15.4 Å². The van der Waals surface area contributed by atoms with Gasteiger partial charge < -0.3 is 5.32 Å². The minimum Gasteiger partial charge on any atom is -0.318 e. The summed E-state index contributed by atoms with van der Waals surface area (Å²) in [6.45, 7) is 0. The Balaban J connectivity index is 1.89. The summed E-state index contributed by atoms with van der Waals surface area (Å²) in [5, 5.41) is 7.77. The summed E-state index contributed by atoms with van der Waals surface area (Å²) in [4.78, 5) is 16.4. The monoisotopic (exact) mass is 252 g/mol. The molecule has 0 bridgehead atoms. The first kappa shape index (κ1) is 11.4. The molecule has 0 spiro atoms. The van der Waals surface area contributed by atoms with Crippen molar-refractivity contribution in [1.82, 2.24) is 14.8 Å². The molecule has 0 fully saturated rings. The van der Waals surface area contributed by atoms with E-state index in [1.165, 1.54) is 0 Å². The molecule has 0 aliphatic heterocycles. The molecule has 0 radical (unpaired) electrons. The van der Waals surface area contributed by atoms with E-state index < -0.39 is 0 Å². The van der Waals surface area contributed by atoms with E-state index in [4.69, 9.17) is 0 Å². The Labute approximate surface area is 109 Å². The van der Waals surface area contributed by atoms with E-state index in [1.807, 2.05) is 30.3 Å². The molecule has 2 heterocycles. The van der Waals surface area contributed by atoms with E-state index in [1.54, 1.807) is 30.2 Å². The van der Waals surface area contributed by atoms with Crippen LogP contribution in [0, 0.1) is 0 Å². The van der Waals surface area contributed by atoms with Gasteiger partial charge in [-0.25, -0.2) is 4.98 Å². The summed E-state index contributed by atoms with van der Waals surface area (Å²) in [6, 6.07) is 11.3. The first-order chi connectivity index (χ1) is 9.22. The lowest BCUT2D eigenvalue weighted by Gasteiger charge is -2.03. The summed E-state index contributed by atoms with van der Waals surface area (Å²) >= 11 is 0. The van der Waals surface area contributed by atoms with Crippen LogP contribution in [0.15, 0.2) is 48.8 Å². The van der Waals surface area contributed by atoms with E-state index in [0.717, 1.165) is 10.9 Å². The molecule has 0 unspecified atom stereocenters. The van der Waals surface area contributed by atoms with Crippen molar-refractivity contribution >= 4 is 22.5 Å². The highest BCUT2D eigenvalue weighted by Gasteiger charge is 2.09. The maximum Gasteiger partial charge on any atom is 0.274 e. The van der Waals surface area contributed by atoms with Gasteiger partial charge >= 0.3 is 0 Å². The molecule has 1 aromatic carbocycles. The smallest absolute Gasteiger partial charge is 0.274 e. The fourth-order valence-corrected chi connectivity index (χ4v) is 1.87. The van der Waals surface area contributed by atoms with Crippen molar-refractivity contribution in [2.24, 2.45) is 7.05 Å². The number of hydrogen-bond donors (Lipinski definition) is 1. The number of para-hydroxylation sites is 1. The van der Waals surface area contributed by atoms with Crippen LogP contribution < -0.4 is 5.32 Å². The molecule has 3 aromatic rings. The third kappa shape index (κ3) is 2.30. The van der Waals surface area contributed by atoms with Crippen LogP contribution in [0.3, 0.4) is 0 Å². The second-order valence-corrected chi connectivity index (χ2v) is 4.25. The number of carbonyl (C=O) groups excluding carboxylic acids is 1. The average Bonchev–Trinajstić information content (AvgIpc) is 2.83. The number of pyridine rings is 1. The molecule has 5 heteroatoms. The SMILES string of the molecule is Cn1cc(NC(=O)c2ccc3ccccc3n2)cn1. The molecule has 5 nitrogen and oxygen atoms in total. The fraction of sp³-hybridized carbons (Fsp3) is 0.0714. The summed E-state index contributed by atoms with van der Waals surface area (Å²) in [6.07, 6.45) is 3.33. The summed E-state index contributed by atoms with van der Waals surface area (Å²) < 4.78 is 1.63. The predicted molar refractivity (Wildman–Crippen MR) is 72.9 cm³/mol. The highest BCUT2D eigenvalue weighted by Crippen LogP contribution is 2.13. The molecule has 1 N–H and O–H groups in total. The number of amides is 1. The minimum absolute atomic E-state index is 0.237. The Bertz CT molecular complexity index is 748. The van der Waals surface area contributed by atoms with Crippen LogP contribution in [0.1, 0.15) is 10.5 Å². The van der Waals surface area contributed by atoms with Gasteiger partial charge in [0, 0.05) is 18.6 Å². The van der Waals surface area contributed by atoms with Gasteiger partial charge in [-0.05, 0) is 12.1 Å². The highest BCUT2D eigenvalue weighted by atomic mass is 16.1. The van der Waals surface area contributed by atoms with Gasteiger partial charge in [0.2, 0.25) is 0 Å². The summed E-state index contributed by atoms with van der Waals surface area (Å²) in [7, 11) is 1.80. The zero-order valence-electron chi connectivity index (χ0n) is 10.4. The molecule has 0 saturated heterocycles. The lowest BCUT2D eigenvalue weighted by atomic mass is 10.2. The number of aryl methyl sites for hydroxylation is 1. The molecule has 0 aliphatic rings. The molecular weight excluding hydrogens is 240 g/mol. The van der Waals surface area contributed by atoms with E-state index in [-0.39, 0.29) is 5.91 Å². The van der Waals surface area contributed by atoms with Gasteiger partial charge in [-0.3, -0.25) is 9.48 Å². The topological polar surface area (TPSA) is 59.8 Å². The minimum atomic E-state index is -0.237. The van der Waals surface area contributed by atoms with Gasteiger partial charge in [0.1, 0.15) is 5.69 Å². The first-order valence-corrected chi connectivity index (χ1v) is 5.88. The van der Waals surface area contributed by atoms with Crippen molar-refractivity contribution in [3.05, 3.63) is 54.5 Å². The average molecular weight is 252 g/mol. The molecule has 0 atom stereocenters. The number of fused-ring (bicyclic) bond motifs is 1. The standard InChI is InChI=1S/C14H12N4O/c1-18-9-11(8-15-18)16-14(19)13-7-6-10-4-2-3-5-12(10)17-13/h2-9H,1H3,(H,16,19). The van der Waals surface area contributed by atoms with Crippen molar-refractivity contribution in [3.63, 3.8) is 0 Å². The predicted octanol–water partition coefficient (Wildman–Crippen LogP) is 2.22. The van der Waals surface area contributed by atoms with E-state index in [0.29, 0.717) is 11.4 Å². The number of nitrogens with one attached hydrogen (secondary N) is 1. The van der Waals surface area contributed by atoms with Crippen molar-refractivity contribution < 1.29 is 4.79 Å². The van der Waals surface area contributed by atoms with Crippen molar-refractivity contribution in [1.29, 1.82) is 0 Å². The molecule has 2 aromatic heterocycles. The second kappa shape index (κ2) is 4.53. The Hall–Kier alpha value is -2.69. The Morgan fingerprint density at radius 1 is 1.21 bits per heavy atom. The molecular formula is C14H12N4O. The molecule has 94 valence electrons. The third-order valence-corrected chi connectivity index (χ3v) is 2.79. The quantitative estimate of drug-likeness (QED) is 0.760. The van der Waals surface area contributed by atoms with Gasteiger partial charge in [0.15, 0.2) is 0 Å². The van der Waals surface area contributed by atoms with Crippen LogP contribution in [-0.2, 0) is 7.05 Å². The number of nitrogens with zero attached hydrogens (tertiary/aromatic N) is 3. The molecule has 0 aliphatic carbocycles. The lowest BCUT2D eigenvalue weighted by Crippen LogP contribution is -2.13. The van der Waals surface area contributed by atoms with Crippen molar-refractivity contribution in [3.8, 4) is 0 Å². The number of benzene rings is 1. The third-order valence-electron chi connectivity index (χ3n) is 2.79. The lowest BCUT2D eigenvalue weighted by molar-refractivity contribution is 0.102. The molecule has 3 rings (SSSR count). The van der Waals surface area contributed by atoms with Crippen LogP contribution in [0.25, 0.3) is 10.9 Å². The van der Waals surface area contributed by atoms with Gasteiger partial charge in [0.05, 0.1) is 17.4 Å². The van der Waals surface area contributed by atoms with Crippen molar-refractivity contribution in [2.75, 3.05) is 5.32 Å². The van der Waals surface area contributed by atoms with E-state index >= 15 is 0 Å². The zero-order chi connectivity index (χ0) is 13.2. The normalized spacial score (nSPS) is 10.6. The first-order valence-electron chi connectivity index (χ1n) is 5.88. The number of anilines is 1. The number of carbonyl (C=O) groups is 1. The number of hydrogen-bond acceptors (Lipinski definition) is 3. The number of aromatic nitrogens is 3. The number of rotatable bonds is 2. The second-order valence-electron chi connectivity index (χ2n) is 4.25.